The molecule has 2 saturated heterocycles. The summed E-state index contributed by atoms with van der Waals surface area (Å²) in [6, 6.07) is 6.75. The molecule has 3 rings (SSSR count). The van der Waals surface area contributed by atoms with Crippen molar-refractivity contribution < 1.29 is 9.53 Å². The van der Waals surface area contributed by atoms with Gasteiger partial charge in [-0.05, 0) is 49.9 Å². The number of hydrogen-bond donors (Lipinski definition) is 0. The van der Waals surface area contributed by atoms with Crippen LogP contribution in [0, 0.1) is 0 Å². The van der Waals surface area contributed by atoms with Crippen molar-refractivity contribution in [2.45, 2.75) is 114 Å². The lowest BCUT2D eigenvalue weighted by Gasteiger charge is -2.37. The number of ether oxygens (including phenoxy) is 1. The van der Waals surface area contributed by atoms with Gasteiger partial charge in [0.05, 0.1) is 10.0 Å². The average molecular weight is 469 g/mol. The molecule has 4 atom stereocenters. The summed E-state index contributed by atoms with van der Waals surface area (Å²) < 4.78 is 5.97. The third-order valence-corrected chi connectivity index (χ3v) is 8.04. The molecule has 2 bridgehead atoms. The van der Waals surface area contributed by atoms with E-state index in [0.29, 0.717) is 34.5 Å². The van der Waals surface area contributed by atoms with Crippen molar-refractivity contribution in [3.8, 4) is 0 Å². The fourth-order valence-electron chi connectivity index (χ4n) is 5.39. The largest absolute Gasteiger partial charge is 0.461 e. The summed E-state index contributed by atoms with van der Waals surface area (Å²) in [5.74, 6) is 0.432. The minimum atomic E-state index is -0.0139. The average Bonchev–Trinajstić information content (AvgIpc) is 2.91. The Morgan fingerprint density at radius 2 is 1.65 bits per heavy atom. The number of carbonyl (C=O) groups excluding carboxylic acids is 1. The Labute approximate surface area is 198 Å². The summed E-state index contributed by atoms with van der Waals surface area (Å²) in [5.41, 5.74) is 1.25. The van der Waals surface area contributed by atoms with Crippen molar-refractivity contribution in [3.05, 3.63) is 33.8 Å². The number of unbranched alkanes of at least 4 members (excludes halogenated alkanes) is 8. The van der Waals surface area contributed by atoms with E-state index in [1.165, 1.54) is 50.5 Å². The number of halogens is 2. The Balaban J connectivity index is 1.38. The highest BCUT2D eigenvalue weighted by Gasteiger charge is 2.46. The van der Waals surface area contributed by atoms with Crippen LogP contribution in [-0.2, 0) is 9.53 Å². The maximum Gasteiger partial charge on any atom is 0.306 e. The third kappa shape index (κ3) is 7.11. The summed E-state index contributed by atoms with van der Waals surface area (Å²) in [6.45, 7) is 2.25. The summed E-state index contributed by atoms with van der Waals surface area (Å²) in [7, 11) is 2.18. The van der Waals surface area contributed by atoms with Gasteiger partial charge < -0.3 is 4.74 Å². The van der Waals surface area contributed by atoms with Gasteiger partial charge in [-0.2, -0.15) is 0 Å². The van der Waals surface area contributed by atoms with Crippen LogP contribution in [0.15, 0.2) is 18.2 Å². The first kappa shape index (κ1) is 24.9. The lowest BCUT2D eigenvalue weighted by molar-refractivity contribution is -0.150. The van der Waals surface area contributed by atoms with Gasteiger partial charge in [0.1, 0.15) is 6.10 Å². The first-order valence-corrected chi connectivity index (χ1v) is 13.1. The molecule has 0 aromatic heterocycles. The second-order valence-electron chi connectivity index (χ2n) is 9.57. The monoisotopic (exact) mass is 467 g/mol. The number of nitrogens with zero attached hydrogens (tertiary/aromatic N) is 1. The van der Waals surface area contributed by atoms with Gasteiger partial charge in [0.25, 0.3) is 0 Å². The Morgan fingerprint density at radius 1 is 0.968 bits per heavy atom. The van der Waals surface area contributed by atoms with Crippen molar-refractivity contribution in [1.82, 2.24) is 4.90 Å². The molecule has 3 nitrogen and oxygen atoms in total. The lowest BCUT2D eigenvalue weighted by Crippen LogP contribution is -2.42. The van der Waals surface area contributed by atoms with Gasteiger partial charge in [0.15, 0.2) is 0 Å². The number of esters is 1. The van der Waals surface area contributed by atoms with E-state index in [4.69, 9.17) is 27.9 Å². The molecule has 5 heteroatoms. The molecule has 2 fully saturated rings. The SMILES string of the molecule is CCCCCCCCCCCC(=O)O[C@@H]1C[C@H]2C[C@@H](c3ccc(Cl)c(Cl)c3)C[C@H]1N2C. The number of carbonyl (C=O) groups is 1. The van der Waals surface area contributed by atoms with E-state index >= 15 is 0 Å². The molecule has 2 heterocycles. The first-order valence-electron chi connectivity index (χ1n) is 12.4. The van der Waals surface area contributed by atoms with Crippen LogP contribution in [0.25, 0.3) is 0 Å². The van der Waals surface area contributed by atoms with E-state index in [2.05, 4.69) is 24.9 Å². The minimum Gasteiger partial charge on any atom is -0.461 e. The molecule has 2 aliphatic heterocycles. The highest BCUT2D eigenvalue weighted by Crippen LogP contribution is 2.44. The smallest absolute Gasteiger partial charge is 0.306 e. The zero-order chi connectivity index (χ0) is 22.2. The van der Waals surface area contributed by atoms with Crippen molar-refractivity contribution >= 4 is 29.2 Å². The van der Waals surface area contributed by atoms with Gasteiger partial charge in [-0.1, -0.05) is 87.6 Å². The molecule has 0 amide bonds. The molecular formula is C26H39Cl2NO2. The summed E-state index contributed by atoms with van der Waals surface area (Å²) in [6.07, 6.45) is 15.0. The summed E-state index contributed by atoms with van der Waals surface area (Å²) in [5, 5.41) is 1.22. The van der Waals surface area contributed by atoms with Crippen LogP contribution in [0.1, 0.15) is 102 Å². The van der Waals surface area contributed by atoms with E-state index in [1.807, 2.05) is 12.1 Å². The second kappa shape index (κ2) is 12.5. The minimum absolute atomic E-state index is 0.0139. The Hall–Kier alpha value is -0.770. The number of fused-ring (bicyclic) bond motifs is 2. The Morgan fingerprint density at radius 3 is 2.32 bits per heavy atom. The number of rotatable bonds is 12. The van der Waals surface area contributed by atoms with E-state index in [1.54, 1.807) is 0 Å². The zero-order valence-corrected chi connectivity index (χ0v) is 20.8. The molecule has 0 aliphatic carbocycles. The number of likely N-dealkylation sites (N-methyl/N-ethyl adjacent to an activating group) is 1. The molecule has 0 saturated carbocycles. The summed E-state index contributed by atoms with van der Waals surface area (Å²) >= 11 is 12.3. The van der Waals surface area contributed by atoms with E-state index < -0.39 is 0 Å². The number of benzene rings is 1. The van der Waals surface area contributed by atoms with Gasteiger partial charge in [0, 0.05) is 24.9 Å². The predicted octanol–water partition coefficient (Wildman–Crippen LogP) is 7.78. The van der Waals surface area contributed by atoms with Crippen molar-refractivity contribution in [1.29, 1.82) is 0 Å². The van der Waals surface area contributed by atoms with E-state index in [9.17, 15) is 4.79 Å². The molecule has 1 aromatic rings. The van der Waals surface area contributed by atoms with Crippen molar-refractivity contribution in [2.24, 2.45) is 0 Å². The van der Waals surface area contributed by atoms with Gasteiger partial charge in [-0.25, -0.2) is 0 Å². The number of hydrogen-bond acceptors (Lipinski definition) is 3. The highest BCUT2D eigenvalue weighted by atomic mass is 35.5. The van der Waals surface area contributed by atoms with E-state index in [-0.39, 0.29) is 12.1 Å². The fraction of sp³-hybridized carbons (Fsp3) is 0.731. The molecule has 0 N–H and O–H groups in total. The zero-order valence-electron chi connectivity index (χ0n) is 19.3. The highest BCUT2D eigenvalue weighted by molar-refractivity contribution is 6.42. The van der Waals surface area contributed by atoms with Crippen molar-refractivity contribution in [2.75, 3.05) is 7.05 Å². The molecule has 1 aromatic carbocycles. The second-order valence-corrected chi connectivity index (χ2v) is 10.4. The lowest BCUT2D eigenvalue weighted by atomic mass is 9.85. The quantitative estimate of drug-likeness (QED) is 0.232. The summed E-state index contributed by atoms with van der Waals surface area (Å²) in [4.78, 5) is 14.9. The van der Waals surface area contributed by atoms with Crippen LogP contribution in [0.4, 0.5) is 0 Å². The van der Waals surface area contributed by atoms with Crippen LogP contribution in [0.5, 0.6) is 0 Å². The molecule has 0 radical (unpaired) electrons. The topological polar surface area (TPSA) is 29.5 Å². The molecule has 174 valence electrons. The Kier molecular flexibility index (Phi) is 10.00. The maximum absolute atomic E-state index is 12.5. The molecule has 2 aliphatic rings. The maximum atomic E-state index is 12.5. The van der Waals surface area contributed by atoms with Crippen LogP contribution < -0.4 is 0 Å². The van der Waals surface area contributed by atoms with Crippen LogP contribution in [0.2, 0.25) is 10.0 Å². The third-order valence-electron chi connectivity index (χ3n) is 7.30. The first-order chi connectivity index (χ1) is 15.0. The standard InChI is InChI=1S/C26H39Cl2NO2/c1-3-4-5-6-7-8-9-10-11-12-26(30)31-25-18-21-15-20(17-24(25)29(21)2)19-13-14-22(27)23(28)16-19/h13-14,16,20-21,24-25H,3-12,15,17-18H2,1-2H3/t20-,21-,24-,25-/m1/s1. The van der Waals surface area contributed by atoms with Gasteiger partial charge in [0.2, 0.25) is 0 Å². The molecular weight excluding hydrogens is 429 g/mol. The fourth-order valence-corrected chi connectivity index (χ4v) is 5.70. The van der Waals surface area contributed by atoms with Crippen LogP contribution in [-0.4, -0.2) is 36.1 Å². The molecule has 0 spiro atoms. The normalized spacial score (nSPS) is 25.7. The molecule has 31 heavy (non-hydrogen) atoms. The van der Waals surface area contributed by atoms with Gasteiger partial charge in [-0.3, -0.25) is 9.69 Å². The van der Waals surface area contributed by atoms with Crippen molar-refractivity contribution in [3.63, 3.8) is 0 Å². The van der Waals surface area contributed by atoms with Crippen LogP contribution >= 0.6 is 23.2 Å². The molecule has 0 unspecified atom stereocenters. The number of piperidine rings is 1. The van der Waals surface area contributed by atoms with Gasteiger partial charge in [-0.15, -0.1) is 0 Å². The Bertz CT molecular complexity index is 711. The predicted molar refractivity (Wildman–Crippen MR) is 130 cm³/mol. The van der Waals surface area contributed by atoms with Gasteiger partial charge >= 0.3 is 5.97 Å². The van der Waals surface area contributed by atoms with Crippen LogP contribution in [0.3, 0.4) is 0 Å². The van der Waals surface area contributed by atoms with E-state index in [0.717, 1.165) is 32.1 Å².